The monoisotopic (exact) mass is 454 g/mol. The number of furan rings is 1. The minimum absolute atomic E-state index is 0.139. The Morgan fingerprint density at radius 2 is 1.96 bits per heavy atom. The third-order valence-corrected chi connectivity index (χ3v) is 4.03. The Morgan fingerprint density at radius 1 is 1.12 bits per heavy atom. The van der Waals surface area contributed by atoms with Crippen molar-refractivity contribution < 1.29 is 14.0 Å². The lowest BCUT2D eigenvalue weighted by molar-refractivity contribution is -0.120. The van der Waals surface area contributed by atoms with Gasteiger partial charge >= 0.3 is 0 Å². The van der Waals surface area contributed by atoms with Crippen LogP contribution in [0.15, 0.2) is 50.2 Å². The average Bonchev–Trinajstić information content (AvgIpc) is 3.16. The Hall–Kier alpha value is -2.13. The summed E-state index contributed by atoms with van der Waals surface area (Å²) in [5.74, 6) is -0.624. The summed E-state index contributed by atoms with van der Waals surface area (Å²) in [5.41, 5.74) is 1.52. The molecule has 3 heterocycles. The lowest BCUT2D eigenvalue weighted by atomic mass is 10.4. The second-order valence-electron chi connectivity index (χ2n) is 4.91. The Balaban J connectivity index is 1.50. The van der Waals surface area contributed by atoms with E-state index in [0.29, 0.717) is 4.67 Å². The number of aromatic nitrogens is 2. The predicted molar refractivity (Wildman–Crippen MR) is 93.5 cm³/mol. The van der Waals surface area contributed by atoms with Crippen LogP contribution in [-0.2, 0) is 11.3 Å². The number of amides is 2. The van der Waals surface area contributed by atoms with Crippen LogP contribution in [0.3, 0.4) is 0 Å². The molecule has 3 aromatic heterocycles. The predicted octanol–water partition coefficient (Wildman–Crippen LogP) is 2.50. The summed E-state index contributed by atoms with van der Waals surface area (Å²) in [5, 5.41) is 5.19. The average molecular weight is 456 g/mol. The maximum atomic E-state index is 11.8. The first-order valence-corrected chi connectivity index (χ1v) is 8.53. The van der Waals surface area contributed by atoms with Gasteiger partial charge in [0.1, 0.15) is 5.65 Å². The fourth-order valence-corrected chi connectivity index (χ4v) is 2.70. The van der Waals surface area contributed by atoms with Crippen molar-refractivity contribution in [1.29, 1.82) is 0 Å². The molecule has 9 heteroatoms. The maximum Gasteiger partial charge on any atom is 0.287 e. The van der Waals surface area contributed by atoms with Gasteiger partial charge in [-0.05, 0) is 56.1 Å². The SMILES string of the molecule is O=C(CNC(=O)c1ccc(Br)o1)NCc1cn2cc(Br)ccc2n1. The topological polar surface area (TPSA) is 88.6 Å². The second kappa shape index (κ2) is 7.18. The van der Waals surface area contributed by atoms with Crippen molar-refractivity contribution in [2.24, 2.45) is 0 Å². The van der Waals surface area contributed by atoms with Gasteiger partial charge in [0.15, 0.2) is 10.4 Å². The highest BCUT2D eigenvalue weighted by Gasteiger charge is 2.12. The number of hydrogen-bond donors (Lipinski definition) is 2. The van der Waals surface area contributed by atoms with Gasteiger partial charge in [-0.15, -0.1) is 0 Å². The van der Waals surface area contributed by atoms with Crippen molar-refractivity contribution in [3.05, 3.63) is 57.3 Å². The van der Waals surface area contributed by atoms with E-state index < -0.39 is 5.91 Å². The standard InChI is InChI=1S/C15H12Br2N4O3/c16-9-1-4-13-20-10(8-21(13)7-9)5-18-14(22)6-19-15(23)11-2-3-12(17)24-11/h1-4,7-8H,5-6H2,(H,18,22)(H,19,23). The molecule has 0 aromatic carbocycles. The molecule has 2 N–H and O–H groups in total. The van der Waals surface area contributed by atoms with E-state index in [9.17, 15) is 9.59 Å². The number of carbonyl (C=O) groups excluding carboxylic acids is 2. The molecule has 2 amide bonds. The highest BCUT2D eigenvalue weighted by Crippen LogP contribution is 2.14. The zero-order valence-corrected chi connectivity index (χ0v) is 15.4. The van der Waals surface area contributed by atoms with E-state index in [-0.39, 0.29) is 24.8 Å². The Labute approximate surface area is 153 Å². The minimum Gasteiger partial charge on any atom is -0.444 e. The molecule has 0 aliphatic carbocycles. The maximum absolute atomic E-state index is 11.8. The van der Waals surface area contributed by atoms with Crippen LogP contribution in [0.2, 0.25) is 0 Å². The van der Waals surface area contributed by atoms with Crippen molar-refractivity contribution >= 4 is 49.3 Å². The normalized spacial score (nSPS) is 10.8. The minimum atomic E-state index is -0.451. The molecule has 0 atom stereocenters. The lowest BCUT2D eigenvalue weighted by Gasteiger charge is -2.04. The molecule has 0 fully saturated rings. The van der Waals surface area contributed by atoms with Crippen LogP contribution in [0.25, 0.3) is 5.65 Å². The van der Waals surface area contributed by atoms with E-state index in [0.717, 1.165) is 15.8 Å². The van der Waals surface area contributed by atoms with Gasteiger partial charge in [-0.25, -0.2) is 4.98 Å². The van der Waals surface area contributed by atoms with Crippen LogP contribution in [0.5, 0.6) is 0 Å². The van der Waals surface area contributed by atoms with Gasteiger partial charge in [0, 0.05) is 16.9 Å². The van der Waals surface area contributed by atoms with E-state index in [1.165, 1.54) is 6.07 Å². The molecule has 3 rings (SSSR count). The first-order valence-electron chi connectivity index (χ1n) is 6.94. The lowest BCUT2D eigenvalue weighted by Crippen LogP contribution is -2.36. The molecule has 0 aliphatic rings. The molecule has 3 aromatic rings. The highest BCUT2D eigenvalue weighted by atomic mass is 79.9. The summed E-state index contributed by atoms with van der Waals surface area (Å²) in [6.07, 6.45) is 3.72. The number of hydrogen-bond acceptors (Lipinski definition) is 4. The largest absolute Gasteiger partial charge is 0.444 e. The number of nitrogens with one attached hydrogen (secondary N) is 2. The van der Waals surface area contributed by atoms with Crippen LogP contribution in [0, 0.1) is 0 Å². The zero-order chi connectivity index (χ0) is 17.1. The smallest absolute Gasteiger partial charge is 0.287 e. The van der Waals surface area contributed by atoms with E-state index in [1.54, 1.807) is 6.07 Å². The molecule has 0 spiro atoms. The molecule has 0 radical (unpaired) electrons. The number of fused-ring (bicyclic) bond motifs is 1. The van der Waals surface area contributed by atoms with Crippen LogP contribution in [0.4, 0.5) is 0 Å². The Bertz CT molecular complexity index is 903. The summed E-state index contributed by atoms with van der Waals surface area (Å²) < 4.78 is 8.36. The summed E-state index contributed by atoms with van der Waals surface area (Å²) in [6.45, 7) is 0.135. The first-order chi connectivity index (χ1) is 11.5. The zero-order valence-electron chi connectivity index (χ0n) is 12.3. The molecule has 0 saturated carbocycles. The third-order valence-electron chi connectivity index (χ3n) is 3.14. The number of carbonyl (C=O) groups is 2. The van der Waals surface area contributed by atoms with E-state index in [2.05, 4.69) is 47.5 Å². The molecule has 0 unspecified atom stereocenters. The van der Waals surface area contributed by atoms with Crippen molar-refractivity contribution in [3.63, 3.8) is 0 Å². The molecular weight excluding hydrogens is 444 g/mol. The molecule has 0 aliphatic heterocycles. The molecule has 0 saturated heterocycles. The van der Waals surface area contributed by atoms with Gasteiger partial charge in [-0.2, -0.15) is 0 Å². The number of rotatable bonds is 5. The van der Waals surface area contributed by atoms with Gasteiger partial charge < -0.3 is 19.5 Å². The van der Waals surface area contributed by atoms with Gasteiger partial charge in [0.05, 0.1) is 18.8 Å². The Morgan fingerprint density at radius 3 is 2.71 bits per heavy atom. The van der Waals surface area contributed by atoms with Crippen LogP contribution < -0.4 is 10.6 Å². The highest BCUT2D eigenvalue weighted by molar-refractivity contribution is 9.10. The van der Waals surface area contributed by atoms with Crippen LogP contribution >= 0.6 is 31.9 Å². The fraction of sp³-hybridized carbons (Fsp3) is 0.133. The van der Waals surface area contributed by atoms with E-state index >= 15 is 0 Å². The molecule has 0 bridgehead atoms. The molecule has 124 valence electrons. The second-order valence-corrected chi connectivity index (χ2v) is 6.61. The molecular formula is C15H12Br2N4O3. The fourth-order valence-electron chi connectivity index (χ4n) is 2.04. The molecule has 7 nitrogen and oxygen atoms in total. The number of pyridine rings is 1. The van der Waals surface area contributed by atoms with Crippen molar-refractivity contribution in [2.75, 3.05) is 6.54 Å². The summed E-state index contributed by atoms with van der Waals surface area (Å²) in [4.78, 5) is 28.0. The summed E-state index contributed by atoms with van der Waals surface area (Å²) in [7, 11) is 0. The first kappa shape index (κ1) is 16.7. The van der Waals surface area contributed by atoms with Crippen molar-refractivity contribution in [1.82, 2.24) is 20.0 Å². The quantitative estimate of drug-likeness (QED) is 0.618. The number of nitrogens with zero attached hydrogens (tertiary/aromatic N) is 2. The molecule has 24 heavy (non-hydrogen) atoms. The van der Waals surface area contributed by atoms with E-state index in [1.807, 2.05) is 28.9 Å². The van der Waals surface area contributed by atoms with Gasteiger partial charge in [0.2, 0.25) is 5.91 Å². The van der Waals surface area contributed by atoms with Gasteiger partial charge in [-0.1, -0.05) is 0 Å². The van der Waals surface area contributed by atoms with Gasteiger partial charge in [0.25, 0.3) is 5.91 Å². The van der Waals surface area contributed by atoms with Gasteiger partial charge in [-0.3, -0.25) is 9.59 Å². The van der Waals surface area contributed by atoms with E-state index in [4.69, 9.17) is 4.42 Å². The van der Waals surface area contributed by atoms with Crippen LogP contribution in [-0.4, -0.2) is 27.7 Å². The van der Waals surface area contributed by atoms with Crippen LogP contribution in [0.1, 0.15) is 16.2 Å². The number of halogens is 2. The van der Waals surface area contributed by atoms with Crippen molar-refractivity contribution in [3.8, 4) is 0 Å². The number of imidazole rings is 1. The van der Waals surface area contributed by atoms with Crippen molar-refractivity contribution in [2.45, 2.75) is 6.54 Å². The summed E-state index contributed by atoms with van der Waals surface area (Å²) in [6, 6.07) is 6.90. The third kappa shape index (κ3) is 4.04. The summed E-state index contributed by atoms with van der Waals surface area (Å²) >= 11 is 6.50. The Kier molecular flexibility index (Phi) is 5.00.